The van der Waals surface area contributed by atoms with E-state index in [0.29, 0.717) is 11.8 Å². The van der Waals surface area contributed by atoms with Crippen LogP contribution in [0.15, 0.2) is 0 Å². The molecule has 0 aromatic carbocycles. The summed E-state index contributed by atoms with van der Waals surface area (Å²) in [6.07, 6.45) is 14.3. The standard InChI is InChI=1S/C21H36O4.C3H8/c1-15(2)17-13-16(23-20(22)9-5-3-6-10-20)14-18-19(17)25-21(24-18)11-7-4-8-12-21;1-3-2/h15-19,22H,3-14H2,1-2H3;3H2,1-2H3. The van der Waals surface area contributed by atoms with Gasteiger partial charge in [-0.15, -0.1) is 0 Å². The summed E-state index contributed by atoms with van der Waals surface area (Å²) in [6.45, 7) is 8.82. The molecule has 4 heteroatoms. The second kappa shape index (κ2) is 9.76. The van der Waals surface area contributed by atoms with Crippen molar-refractivity contribution in [1.82, 2.24) is 0 Å². The smallest absolute Gasteiger partial charge is 0.169 e. The highest BCUT2D eigenvalue weighted by molar-refractivity contribution is 4.98. The summed E-state index contributed by atoms with van der Waals surface area (Å²) in [5.74, 6) is -0.226. The maximum Gasteiger partial charge on any atom is 0.169 e. The van der Waals surface area contributed by atoms with E-state index < -0.39 is 5.79 Å². The molecule has 28 heavy (non-hydrogen) atoms. The lowest BCUT2D eigenvalue weighted by atomic mass is 9.76. The summed E-state index contributed by atoms with van der Waals surface area (Å²) in [7, 11) is 0. The lowest BCUT2D eigenvalue weighted by molar-refractivity contribution is -0.258. The predicted octanol–water partition coefficient (Wildman–Crippen LogP) is 5.95. The van der Waals surface area contributed by atoms with E-state index in [-0.39, 0.29) is 24.1 Å². The quantitative estimate of drug-likeness (QED) is 0.599. The van der Waals surface area contributed by atoms with Crippen molar-refractivity contribution in [3.05, 3.63) is 0 Å². The Kier molecular flexibility index (Phi) is 7.86. The van der Waals surface area contributed by atoms with Crippen LogP contribution in [0, 0.1) is 11.8 Å². The van der Waals surface area contributed by atoms with E-state index in [1.54, 1.807) is 0 Å². The number of fused-ring (bicyclic) bond motifs is 1. The molecule has 0 aromatic heterocycles. The lowest BCUT2D eigenvalue weighted by Crippen LogP contribution is -2.48. The third kappa shape index (κ3) is 5.30. The molecule has 4 fully saturated rings. The van der Waals surface area contributed by atoms with Crippen LogP contribution in [0.25, 0.3) is 0 Å². The third-order valence-electron chi connectivity index (χ3n) is 7.03. The van der Waals surface area contributed by atoms with Crippen molar-refractivity contribution in [2.75, 3.05) is 0 Å². The van der Waals surface area contributed by atoms with Crippen LogP contribution in [0.1, 0.15) is 111 Å². The number of rotatable bonds is 3. The van der Waals surface area contributed by atoms with Crippen LogP contribution in [0.4, 0.5) is 0 Å². The molecule has 4 unspecified atom stereocenters. The summed E-state index contributed by atoms with van der Waals surface area (Å²) < 4.78 is 19.4. The Morgan fingerprint density at radius 3 is 2.04 bits per heavy atom. The highest BCUT2D eigenvalue weighted by Gasteiger charge is 2.54. The van der Waals surface area contributed by atoms with Crippen molar-refractivity contribution in [1.29, 1.82) is 0 Å². The van der Waals surface area contributed by atoms with E-state index >= 15 is 0 Å². The van der Waals surface area contributed by atoms with Gasteiger partial charge < -0.3 is 19.3 Å². The molecule has 0 aromatic rings. The van der Waals surface area contributed by atoms with Crippen molar-refractivity contribution in [3.8, 4) is 0 Å². The number of aliphatic hydroxyl groups is 1. The van der Waals surface area contributed by atoms with Crippen LogP contribution in [0.3, 0.4) is 0 Å². The maximum atomic E-state index is 10.8. The minimum absolute atomic E-state index is 0.0964. The Hall–Kier alpha value is -0.160. The van der Waals surface area contributed by atoms with Gasteiger partial charge in [0.05, 0.1) is 18.3 Å². The molecule has 1 N–H and O–H groups in total. The molecular formula is C24H44O4. The molecule has 3 aliphatic carbocycles. The SMILES string of the molecule is CC(C)C1CC(OC2(O)CCCCC2)CC2OC3(CCCCC3)OC21.CCC. The second-order valence-electron chi connectivity index (χ2n) is 10.0. The fourth-order valence-electron chi connectivity index (χ4n) is 5.64. The Balaban J connectivity index is 0.000000706. The minimum atomic E-state index is -0.904. The van der Waals surface area contributed by atoms with Crippen LogP contribution < -0.4 is 0 Å². The van der Waals surface area contributed by atoms with Crippen LogP contribution in [-0.2, 0) is 14.2 Å². The third-order valence-corrected chi connectivity index (χ3v) is 7.03. The van der Waals surface area contributed by atoms with E-state index in [2.05, 4.69) is 27.7 Å². The zero-order valence-corrected chi connectivity index (χ0v) is 18.8. The van der Waals surface area contributed by atoms with Crippen LogP contribution in [0.2, 0.25) is 0 Å². The first-order valence-corrected chi connectivity index (χ1v) is 12.2. The Morgan fingerprint density at radius 2 is 1.46 bits per heavy atom. The number of hydrogen-bond acceptors (Lipinski definition) is 4. The van der Waals surface area contributed by atoms with Gasteiger partial charge in [0.25, 0.3) is 0 Å². The molecule has 0 amide bonds. The Bertz CT molecular complexity index is 465. The summed E-state index contributed by atoms with van der Waals surface area (Å²) in [6, 6.07) is 0. The van der Waals surface area contributed by atoms with Crippen LogP contribution >= 0.6 is 0 Å². The molecule has 1 spiro atoms. The van der Waals surface area contributed by atoms with Crippen LogP contribution in [-0.4, -0.2) is 35.0 Å². The summed E-state index contributed by atoms with van der Waals surface area (Å²) >= 11 is 0. The van der Waals surface area contributed by atoms with E-state index in [9.17, 15) is 5.11 Å². The molecule has 3 saturated carbocycles. The van der Waals surface area contributed by atoms with Crippen LogP contribution in [0.5, 0.6) is 0 Å². The monoisotopic (exact) mass is 396 g/mol. The van der Waals surface area contributed by atoms with Gasteiger partial charge in [0, 0.05) is 32.1 Å². The van der Waals surface area contributed by atoms with E-state index in [4.69, 9.17) is 14.2 Å². The molecule has 1 heterocycles. The first-order valence-electron chi connectivity index (χ1n) is 12.2. The van der Waals surface area contributed by atoms with Gasteiger partial charge in [0.1, 0.15) is 0 Å². The zero-order valence-electron chi connectivity index (χ0n) is 18.8. The van der Waals surface area contributed by atoms with E-state index in [1.165, 1.54) is 32.1 Å². The lowest BCUT2D eigenvalue weighted by Gasteiger charge is -2.42. The fourth-order valence-corrected chi connectivity index (χ4v) is 5.64. The number of ether oxygens (including phenoxy) is 3. The molecule has 1 aliphatic heterocycles. The molecular weight excluding hydrogens is 352 g/mol. The fraction of sp³-hybridized carbons (Fsp3) is 1.00. The van der Waals surface area contributed by atoms with Gasteiger partial charge in [-0.3, -0.25) is 0 Å². The second-order valence-corrected chi connectivity index (χ2v) is 10.0. The summed E-state index contributed by atoms with van der Waals surface area (Å²) in [5.41, 5.74) is 0. The molecule has 164 valence electrons. The normalized spacial score (nSPS) is 36.6. The van der Waals surface area contributed by atoms with E-state index in [0.717, 1.165) is 51.4 Å². The zero-order chi connectivity index (χ0) is 20.2. The molecule has 1 saturated heterocycles. The Labute approximate surface area is 172 Å². The van der Waals surface area contributed by atoms with Crippen molar-refractivity contribution in [3.63, 3.8) is 0 Å². The largest absolute Gasteiger partial charge is 0.365 e. The van der Waals surface area contributed by atoms with E-state index in [1.807, 2.05) is 0 Å². The first kappa shape index (κ1) is 22.5. The van der Waals surface area contributed by atoms with Gasteiger partial charge in [-0.1, -0.05) is 47.0 Å². The Morgan fingerprint density at radius 1 is 0.893 bits per heavy atom. The molecule has 4 nitrogen and oxygen atoms in total. The highest BCUT2D eigenvalue weighted by Crippen LogP contribution is 2.49. The van der Waals surface area contributed by atoms with Gasteiger partial charge in [0.15, 0.2) is 11.6 Å². The van der Waals surface area contributed by atoms with Crippen molar-refractivity contribution in [2.45, 2.75) is 141 Å². The van der Waals surface area contributed by atoms with Gasteiger partial charge in [-0.25, -0.2) is 0 Å². The summed E-state index contributed by atoms with van der Waals surface area (Å²) in [5, 5.41) is 10.8. The van der Waals surface area contributed by atoms with Gasteiger partial charge in [-0.2, -0.15) is 0 Å². The van der Waals surface area contributed by atoms with Gasteiger partial charge in [-0.05, 0) is 43.9 Å². The topological polar surface area (TPSA) is 47.9 Å². The highest BCUT2D eigenvalue weighted by atomic mass is 16.8. The average Bonchev–Trinajstić information content (AvgIpc) is 2.99. The predicted molar refractivity (Wildman–Crippen MR) is 112 cm³/mol. The maximum absolute atomic E-state index is 10.8. The van der Waals surface area contributed by atoms with Gasteiger partial charge in [0.2, 0.25) is 0 Å². The molecule has 4 atom stereocenters. The number of hydrogen-bond donors (Lipinski definition) is 1. The molecule has 4 aliphatic rings. The van der Waals surface area contributed by atoms with Gasteiger partial charge >= 0.3 is 0 Å². The van der Waals surface area contributed by atoms with Crippen molar-refractivity contribution >= 4 is 0 Å². The average molecular weight is 397 g/mol. The van der Waals surface area contributed by atoms with Crippen molar-refractivity contribution < 1.29 is 19.3 Å². The minimum Gasteiger partial charge on any atom is -0.365 e. The summed E-state index contributed by atoms with van der Waals surface area (Å²) in [4.78, 5) is 0. The molecule has 4 rings (SSSR count). The first-order chi connectivity index (χ1) is 13.4. The van der Waals surface area contributed by atoms with Crippen molar-refractivity contribution in [2.24, 2.45) is 11.8 Å². The molecule has 0 bridgehead atoms. The molecule has 0 radical (unpaired) electrons.